The molecule has 2 saturated heterocycles. The van der Waals surface area contributed by atoms with E-state index < -0.39 is 23.2 Å². The number of pyridine rings is 1. The SMILES string of the molecule is C[C@]1(C(=O)O)CC(c2c(C3CCOCC3)n(-c3ccc(F)c(F)c3)c3cc4cn[nH]c4nc23)CO1. The molecule has 1 aromatic carbocycles. The zero-order chi connectivity index (χ0) is 24.3. The predicted octanol–water partition coefficient (Wildman–Crippen LogP) is 4.42. The Kier molecular flexibility index (Phi) is 5.12. The molecule has 0 aliphatic carbocycles. The second-order valence-corrected chi connectivity index (χ2v) is 9.53. The van der Waals surface area contributed by atoms with Crippen molar-refractivity contribution in [3.63, 3.8) is 0 Å². The maximum absolute atomic E-state index is 14.4. The van der Waals surface area contributed by atoms with Gasteiger partial charge in [0.1, 0.15) is 0 Å². The number of H-pyrrole nitrogens is 1. The van der Waals surface area contributed by atoms with Gasteiger partial charge in [0.05, 0.1) is 23.8 Å². The Hall–Kier alpha value is -3.37. The van der Waals surface area contributed by atoms with Gasteiger partial charge in [-0.25, -0.2) is 18.6 Å². The average molecular weight is 482 g/mol. The Morgan fingerprint density at radius 3 is 2.71 bits per heavy atom. The van der Waals surface area contributed by atoms with Crippen LogP contribution in [-0.2, 0) is 14.3 Å². The molecule has 0 radical (unpaired) electrons. The van der Waals surface area contributed by atoms with Crippen LogP contribution < -0.4 is 0 Å². The van der Waals surface area contributed by atoms with Gasteiger partial charge in [-0.05, 0) is 44.4 Å². The van der Waals surface area contributed by atoms with E-state index in [-0.39, 0.29) is 24.9 Å². The molecule has 0 bridgehead atoms. The Balaban J connectivity index is 1.67. The lowest BCUT2D eigenvalue weighted by Crippen LogP contribution is -2.34. The van der Waals surface area contributed by atoms with Crippen LogP contribution >= 0.6 is 0 Å². The van der Waals surface area contributed by atoms with Crippen LogP contribution in [0.25, 0.3) is 27.8 Å². The monoisotopic (exact) mass is 482 g/mol. The molecule has 8 nitrogen and oxygen atoms in total. The summed E-state index contributed by atoms with van der Waals surface area (Å²) in [5.41, 5.74) is 2.97. The number of benzene rings is 1. The molecule has 2 aliphatic heterocycles. The van der Waals surface area contributed by atoms with E-state index in [0.29, 0.717) is 30.1 Å². The number of hydrogen-bond acceptors (Lipinski definition) is 5. The Bertz CT molecular complexity index is 1460. The highest BCUT2D eigenvalue weighted by molar-refractivity contribution is 5.94. The molecular formula is C25H24F2N4O4. The van der Waals surface area contributed by atoms with Crippen molar-refractivity contribution in [2.24, 2.45) is 0 Å². The van der Waals surface area contributed by atoms with Crippen molar-refractivity contribution in [2.75, 3.05) is 19.8 Å². The summed E-state index contributed by atoms with van der Waals surface area (Å²) in [5, 5.41) is 17.5. The predicted molar refractivity (Wildman–Crippen MR) is 123 cm³/mol. The van der Waals surface area contributed by atoms with E-state index in [1.54, 1.807) is 19.2 Å². The lowest BCUT2D eigenvalue weighted by Gasteiger charge is -2.26. The number of carbonyl (C=O) groups is 1. The average Bonchev–Trinajstić information content (AvgIpc) is 3.55. The first-order chi connectivity index (χ1) is 16.9. The summed E-state index contributed by atoms with van der Waals surface area (Å²) in [6.07, 6.45) is 3.43. The highest BCUT2D eigenvalue weighted by atomic mass is 19.2. The van der Waals surface area contributed by atoms with Crippen LogP contribution in [-0.4, -0.2) is 56.2 Å². The summed E-state index contributed by atoms with van der Waals surface area (Å²) in [4.78, 5) is 16.8. The number of nitrogens with zero attached hydrogens (tertiary/aromatic N) is 3. The number of hydrogen-bond donors (Lipinski definition) is 2. The molecule has 6 rings (SSSR count). The molecule has 1 unspecified atom stereocenters. The number of carboxylic acids is 1. The van der Waals surface area contributed by atoms with Crippen LogP contribution in [0.15, 0.2) is 30.5 Å². The van der Waals surface area contributed by atoms with E-state index in [9.17, 15) is 18.7 Å². The van der Waals surface area contributed by atoms with Gasteiger partial charge in [-0.1, -0.05) is 0 Å². The lowest BCUT2D eigenvalue weighted by molar-refractivity contribution is -0.157. The molecule has 3 aromatic heterocycles. The van der Waals surface area contributed by atoms with Crippen molar-refractivity contribution in [1.29, 1.82) is 0 Å². The first-order valence-electron chi connectivity index (χ1n) is 11.6. The maximum atomic E-state index is 14.4. The number of aliphatic carboxylic acids is 1. The van der Waals surface area contributed by atoms with Crippen LogP contribution in [0, 0.1) is 11.6 Å². The maximum Gasteiger partial charge on any atom is 0.335 e. The van der Waals surface area contributed by atoms with Crippen molar-refractivity contribution in [1.82, 2.24) is 19.7 Å². The normalized spacial score (nSPS) is 23.5. The van der Waals surface area contributed by atoms with Crippen LogP contribution in [0.1, 0.15) is 49.3 Å². The minimum atomic E-state index is -1.31. The fourth-order valence-corrected chi connectivity index (χ4v) is 5.49. The molecule has 4 aromatic rings. The fraction of sp³-hybridized carbons (Fsp3) is 0.400. The minimum absolute atomic E-state index is 0.0641. The van der Waals surface area contributed by atoms with Crippen molar-refractivity contribution >= 4 is 28.0 Å². The molecule has 5 heterocycles. The summed E-state index contributed by atoms with van der Waals surface area (Å²) >= 11 is 0. The molecule has 35 heavy (non-hydrogen) atoms. The number of aromatic amines is 1. The first kappa shape index (κ1) is 22.1. The number of halogens is 2. The minimum Gasteiger partial charge on any atom is -0.479 e. The van der Waals surface area contributed by atoms with Crippen molar-refractivity contribution in [2.45, 2.75) is 43.6 Å². The lowest BCUT2D eigenvalue weighted by atomic mass is 9.85. The fourth-order valence-electron chi connectivity index (χ4n) is 5.49. The van der Waals surface area contributed by atoms with Crippen molar-refractivity contribution < 1.29 is 28.2 Å². The Labute approximate surface area is 198 Å². The summed E-state index contributed by atoms with van der Waals surface area (Å²) < 4.78 is 41.6. The molecule has 2 N–H and O–H groups in total. The van der Waals surface area contributed by atoms with Gasteiger partial charge in [0, 0.05) is 53.4 Å². The molecule has 0 saturated carbocycles. The van der Waals surface area contributed by atoms with Crippen molar-refractivity contribution in [3.8, 4) is 5.69 Å². The molecule has 182 valence electrons. The quantitative estimate of drug-likeness (QED) is 0.447. The van der Waals surface area contributed by atoms with Crippen LogP contribution in [0.2, 0.25) is 0 Å². The number of carboxylic acid groups (broad SMARTS) is 1. The van der Waals surface area contributed by atoms with Gasteiger partial charge in [-0.15, -0.1) is 0 Å². The third kappa shape index (κ3) is 3.51. The molecule has 2 fully saturated rings. The topological polar surface area (TPSA) is 102 Å². The molecular weight excluding hydrogens is 458 g/mol. The van der Waals surface area contributed by atoms with E-state index in [1.807, 2.05) is 10.6 Å². The molecule has 2 atom stereocenters. The molecule has 2 aliphatic rings. The van der Waals surface area contributed by atoms with Gasteiger partial charge in [-0.3, -0.25) is 5.10 Å². The third-order valence-corrected chi connectivity index (χ3v) is 7.29. The number of nitrogens with one attached hydrogen (secondary N) is 1. The molecule has 0 spiro atoms. The first-order valence-corrected chi connectivity index (χ1v) is 11.6. The van der Waals surface area contributed by atoms with E-state index in [1.165, 1.54) is 6.07 Å². The van der Waals surface area contributed by atoms with Gasteiger partial charge in [0.25, 0.3) is 0 Å². The van der Waals surface area contributed by atoms with Gasteiger partial charge < -0.3 is 19.1 Å². The summed E-state index contributed by atoms with van der Waals surface area (Å²) in [6, 6.07) is 5.79. The van der Waals surface area contributed by atoms with Crippen LogP contribution in [0.5, 0.6) is 0 Å². The second kappa shape index (κ2) is 8.10. The second-order valence-electron chi connectivity index (χ2n) is 9.53. The zero-order valence-electron chi connectivity index (χ0n) is 19.1. The molecule has 0 amide bonds. The zero-order valence-corrected chi connectivity index (χ0v) is 19.1. The van der Waals surface area contributed by atoms with Gasteiger partial charge in [-0.2, -0.15) is 5.10 Å². The summed E-state index contributed by atoms with van der Waals surface area (Å²) in [7, 11) is 0. The highest BCUT2D eigenvalue weighted by Crippen LogP contribution is 2.46. The number of ether oxygens (including phenoxy) is 2. The van der Waals surface area contributed by atoms with Gasteiger partial charge in [0.15, 0.2) is 22.9 Å². The van der Waals surface area contributed by atoms with E-state index in [4.69, 9.17) is 14.5 Å². The Morgan fingerprint density at radius 1 is 1.20 bits per heavy atom. The van der Waals surface area contributed by atoms with E-state index in [0.717, 1.165) is 41.1 Å². The third-order valence-electron chi connectivity index (χ3n) is 7.29. The smallest absolute Gasteiger partial charge is 0.335 e. The summed E-state index contributed by atoms with van der Waals surface area (Å²) in [6.45, 7) is 2.96. The standard InChI is InChI=1S/C25H24F2N4O4/c1-25(24(32)33)10-15(12-35-25)20-21-19(8-14-11-28-30-23(14)29-21)31(16-2-3-17(26)18(27)9-16)22(20)13-4-6-34-7-5-13/h2-3,8-9,11,13,15H,4-7,10,12H2,1H3,(H,32,33)(H,28,29,30)/t15?,25-/m1/s1. The summed E-state index contributed by atoms with van der Waals surface area (Å²) in [5.74, 6) is -3.05. The number of fused-ring (bicyclic) bond motifs is 2. The van der Waals surface area contributed by atoms with Crippen LogP contribution in [0.3, 0.4) is 0 Å². The van der Waals surface area contributed by atoms with E-state index >= 15 is 0 Å². The van der Waals surface area contributed by atoms with Gasteiger partial charge >= 0.3 is 5.97 Å². The number of aromatic nitrogens is 4. The highest BCUT2D eigenvalue weighted by Gasteiger charge is 2.46. The Morgan fingerprint density at radius 2 is 2.00 bits per heavy atom. The molecule has 10 heteroatoms. The largest absolute Gasteiger partial charge is 0.479 e. The van der Waals surface area contributed by atoms with Crippen molar-refractivity contribution in [3.05, 3.63) is 53.4 Å². The van der Waals surface area contributed by atoms with Crippen LogP contribution in [0.4, 0.5) is 8.78 Å². The number of rotatable bonds is 4. The van der Waals surface area contributed by atoms with Gasteiger partial charge in [0.2, 0.25) is 0 Å². The van der Waals surface area contributed by atoms with E-state index in [2.05, 4.69) is 10.2 Å².